The number of hydrogen-bond donors (Lipinski definition) is 1. The van der Waals surface area contributed by atoms with E-state index in [1.165, 1.54) is 0 Å². The summed E-state index contributed by atoms with van der Waals surface area (Å²) in [6, 6.07) is 4.29. The lowest BCUT2D eigenvalue weighted by atomic mass is 10.1. The van der Waals surface area contributed by atoms with Gasteiger partial charge in [-0.15, -0.1) is 0 Å². The first-order valence-electron chi connectivity index (χ1n) is 7.28. The molecule has 5 nitrogen and oxygen atoms in total. The number of hydrogen-bond acceptors (Lipinski definition) is 5. The van der Waals surface area contributed by atoms with Crippen LogP contribution in [0.15, 0.2) is 12.1 Å². The van der Waals surface area contributed by atoms with Crippen molar-refractivity contribution in [3.63, 3.8) is 0 Å². The summed E-state index contributed by atoms with van der Waals surface area (Å²) in [4.78, 5) is 6.76. The van der Waals surface area contributed by atoms with Crippen LogP contribution in [0, 0.1) is 5.92 Å². The molecule has 1 aromatic rings. The number of anilines is 2. The van der Waals surface area contributed by atoms with Crippen molar-refractivity contribution >= 4 is 11.5 Å². The predicted molar refractivity (Wildman–Crippen MR) is 81.2 cm³/mol. The standard InChI is InChI=1S/C15H25N3O2/c1-11(2)10-20-15-13(16)4-5-14(17-15)18(3)12-6-8-19-9-7-12/h4-5,11-12H,6-10,16H2,1-3H3. The molecule has 2 rings (SSSR count). The molecule has 2 N–H and O–H groups in total. The van der Waals surface area contributed by atoms with Crippen molar-refractivity contribution in [1.82, 2.24) is 4.98 Å². The van der Waals surface area contributed by atoms with E-state index in [1.807, 2.05) is 12.1 Å². The molecule has 0 radical (unpaired) electrons. The second-order valence-corrected chi connectivity index (χ2v) is 5.72. The van der Waals surface area contributed by atoms with Gasteiger partial charge in [-0.05, 0) is 30.9 Å². The van der Waals surface area contributed by atoms with Gasteiger partial charge in [-0.3, -0.25) is 0 Å². The minimum absolute atomic E-state index is 0.452. The van der Waals surface area contributed by atoms with E-state index < -0.39 is 0 Å². The van der Waals surface area contributed by atoms with E-state index in [2.05, 4.69) is 30.8 Å². The van der Waals surface area contributed by atoms with Gasteiger partial charge in [0.2, 0.25) is 5.88 Å². The molecule has 0 unspecified atom stereocenters. The van der Waals surface area contributed by atoms with Crippen molar-refractivity contribution in [2.24, 2.45) is 5.92 Å². The average Bonchev–Trinajstić information content (AvgIpc) is 2.46. The predicted octanol–water partition coefficient (Wildman–Crippen LogP) is 2.31. The summed E-state index contributed by atoms with van der Waals surface area (Å²) >= 11 is 0. The SMILES string of the molecule is CC(C)COc1nc(N(C)C2CCOCC2)ccc1N. The molecule has 0 bridgehead atoms. The lowest BCUT2D eigenvalue weighted by Crippen LogP contribution is -2.37. The van der Waals surface area contributed by atoms with Crippen molar-refractivity contribution in [3.8, 4) is 5.88 Å². The van der Waals surface area contributed by atoms with Crippen LogP contribution in [0.25, 0.3) is 0 Å². The fourth-order valence-electron chi connectivity index (χ4n) is 2.26. The van der Waals surface area contributed by atoms with Crippen LogP contribution in [0.3, 0.4) is 0 Å². The molecular weight excluding hydrogens is 254 g/mol. The van der Waals surface area contributed by atoms with Gasteiger partial charge in [-0.25, -0.2) is 0 Å². The maximum absolute atomic E-state index is 5.93. The van der Waals surface area contributed by atoms with Crippen LogP contribution < -0.4 is 15.4 Å². The number of nitrogens with two attached hydrogens (primary N) is 1. The van der Waals surface area contributed by atoms with Crippen molar-refractivity contribution in [2.45, 2.75) is 32.7 Å². The molecule has 1 aliphatic rings. The maximum Gasteiger partial charge on any atom is 0.239 e. The normalized spacial score (nSPS) is 16.4. The zero-order valence-electron chi connectivity index (χ0n) is 12.6. The molecule has 0 aliphatic carbocycles. The zero-order chi connectivity index (χ0) is 14.5. The van der Waals surface area contributed by atoms with Gasteiger partial charge >= 0.3 is 0 Å². The molecule has 20 heavy (non-hydrogen) atoms. The smallest absolute Gasteiger partial charge is 0.239 e. The van der Waals surface area contributed by atoms with Gasteiger partial charge in [0, 0.05) is 26.3 Å². The van der Waals surface area contributed by atoms with Gasteiger partial charge in [0.25, 0.3) is 0 Å². The number of pyridine rings is 1. The van der Waals surface area contributed by atoms with E-state index in [9.17, 15) is 0 Å². The molecular formula is C15H25N3O2. The van der Waals surface area contributed by atoms with E-state index in [1.54, 1.807) is 0 Å². The minimum atomic E-state index is 0.452. The van der Waals surface area contributed by atoms with E-state index in [0.717, 1.165) is 31.9 Å². The van der Waals surface area contributed by atoms with Gasteiger partial charge in [0.1, 0.15) is 5.82 Å². The number of nitrogens with zero attached hydrogens (tertiary/aromatic N) is 2. The van der Waals surface area contributed by atoms with Crippen LogP contribution in [0.2, 0.25) is 0 Å². The summed E-state index contributed by atoms with van der Waals surface area (Å²) in [5, 5.41) is 0. The monoisotopic (exact) mass is 279 g/mol. The van der Waals surface area contributed by atoms with Crippen LogP contribution >= 0.6 is 0 Å². The summed E-state index contributed by atoms with van der Waals surface area (Å²) in [6.45, 7) is 6.48. The van der Waals surface area contributed by atoms with Gasteiger partial charge in [-0.2, -0.15) is 4.98 Å². The molecule has 2 heterocycles. The van der Waals surface area contributed by atoms with Crippen molar-refractivity contribution in [2.75, 3.05) is 37.5 Å². The Balaban J connectivity index is 2.08. The lowest BCUT2D eigenvalue weighted by Gasteiger charge is -2.32. The van der Waals surface area contributed by atoms with Gasteiger partial charge in [0.05, 0.1) is 12.3 Å². The Bertz CT molecular complexity index is 431. The lowest BCUT2D eigenvalue weighted by molar-refractivity contribution is 0.0853. The highest BCUT2D eigenvalue weighted by atomic mass is 16.5. The summed E-state index contributed by atoms with van der Waals surface area (Å²) in [5.74, 6) is 1.90. The van der Waals surface area contributed by atoms with Crippen LogP contribution in [-0.4, -0.2) is 37.9 Å². The molecule has 5 heteroatoms. The summed E-state index contributed by atoms with van der Waals surface area (Å²) in [7, 11) is 2.07. The van der Waals surface area contributed by atoms with Crippen LogP contribution in [0.4, 0.5) is 11.5 Å². The molecule has 1 saturated heterocycles. The maximum atomic E-state index is 5.93. The Kier molecular flexibility index (Phi) is 5.06. The molecule has 1 aliphatic heterocycles. The average molecular weight is 279 g/mol. The van der Waals surface area contributed by atoms with Gasteiger partial charge < -0.3 is 20.1 Å². The third-order valence-corrected chi connectivity index (χ3v) is 3.53. The highest BCUT2D eigenvalue weighted by Crippen LogP contribution is 2.26. The second-order valence-electron chi connectivity index (χ2n) is 5.72. The summed E-state index contributed by atoms with van der Waals surface area (Å²) in [5.41, 5.74) is 6.52. The van der Waals surface area contributed by atoms with Crippen molar-refractivity contribution in [3.05, 3.63) is 12.1 Å². The van der Waals surface area contributed by atoms with E-state index in [-0.39, 0.29) is 0 Å². The van der Waals surface area contributed by atoms with Crippen molar-refractivity contribution < 1.29 is 9.47 Å². The molecule has 1 fully saturated rings. The Labute approximate surface area is 121 Å². The molecule has 0 atom stereocenters. The first-order chi connectivity index (χ1) is 9.58. The highest BCUT2D eigenvalue weighted by Gasteiger charge is 2.20. The van der Waals surface area contributed by atoms with Gasteiger partial charge in [0.15, 0.2) is 0 Å². The third-order valence-electron chi connectivity index (χ3n) is 3.53. The van der Waals surface area contributed by atoms with Crippen LogP contribution in [0.1, 0.15) is 26.7 Å². The fourth-order valence-corrected chi connectivity index (χ4v) is 2.26. The number of rotatable bonds is 5. The third kappa shape index (κ3) is 3.76. The quantitative estimate of drug-likeness (QED) is 0.896. The second kappa shape index (κ2) is 6.79. The molecule has 1 aromatic heterocycles. The Morgan fingerprint density at radius 1 is 1.40 bits per heavy atom. The molecule has 0 spiro atoms. The first-order valence-corrected chi connectivity index (χ1v) is 7.28. The molecule has 112 valence electrons. The fraction of sp³-hybridized carbons (Fsp3) is 0.667. The number of ether oxygens (including phenoxy) is 2. The minimum Gasteiger partial charge on any atom is -0.476 e. The Hall–Kier alpha value is -1.49. The van der Waals surface area contributed by atoms with Crippen molar-refractivity contribution in [1.29, 1.82) is 0 Å². The summed E-state index contributed by atoms with van der Waals surface area (Å²) in [6.07, 6.45) is 2.06. The zero-order valence-corrected chi connectivity index (χ0v) is 12.6. The molecule has 0 amide bonds. The Morgan fingerprint density at radius 3 is 2.75 bits per heavy atom. The van der Waals surface area contributed by atoms with E-state index in [0.29, 0.717) is 30.1 Å². The molecule has 0 aromatic carbocycles. The molecule has 0 saturated carbocycles. The highest BCUT2D eigenvalue weighted by molar-refractivity contribution is 5.54. The number of nitrogen functional groups attached to an aromatic ring is 1. The van der Waals surface area contributed by atoms with Gasteiger partial charge in [-0.1, -0.05) is 13.8 Å². The Morgan fingerprint density at radius 2 is 2.10 bits per heavy atom. The summed E-state index contributed by atoms with van der Waals surface area (Å²) < 4.78 is 11.1. The first kappa shape index (κ1) is 14.9. The van der Waals surface area contributed by atoms with Crippen LogP contribution in [-0.2, 0) is 4.74 Å². The number of aromatic nitrogens is 1. The topological polar surface area (TPSA) is 60.6 Å². The largest absolute Gasteiger partial charge is 0.476 e. The van der Waals surface area contributed by atoms with E-state index >= 15 is 0 Å². The van der Waals surface area contributed by atoms with Crippen LogP contribution in [0.5, 0.6) is 5.88 Å². The van der Waals surface area contributed by atoms with E-state index in [4.69, 9.17) is 15.2 Å².